The number of anilines is 5. The van der Waals surface area contributed by atoms with Gasteiger partial charge in [0.05, 0.1) is 11.1 Å². The summed E-state index contributed by atoms with van der Waals surface area (Å²) in [5.41, 5.74) is 6.67. The lowest BCUT2D eigenvalue weighted by molar-refractivity contribution is -0.384. The summed E-state index contributed by atoms with van der Waals surface area (Å²) in [5, 5.41) is 31.6. The van der Waals surface area contributed by atoms with Gasteiger partial charge in [-0.05, 0) is 67.4 Å². The maximum atomic E-state index is 10.9. The van der Waals surface area contributed by atoms with Crippen LogP contribution in [-0.2, 0) is 0 Å². The molecule has 0 unspecified atom stereocenters. The van der Waals surface area contributed by atoms with E-state index in [1.165, 1.54) is 24.4 Å². The van der Waals surface area contributed by atoms with Crippen LogP contribution in [0.25, 0.3) is 0 Å². The predicted octanol–water partition coefficient (Wildman–Crippen LogP) is 5.69. The summed E-state index contributed by atoms with van der Waals surface area (Å²) in [7, 11) is 0. The molecule has 0 fully saturated rings. The molecule has 12 heteroatoms. The van der Waals surface area contributed by atoms with Gasteiger partial charge in [0.25, 0.3) is 5.69 Å². The van der Waals surface area contributed by atoms with E-state index in [9.17, 15) is 15.2 Å². The smallest absolute Gasteiger partial charge is 0.269 e. The Balaban J connectivity index is 1.61. The molecule has 0 saturated carbocycles. The van der Waals surface area contributed by atoms with Gasteiger partial charge in [0, 0.05) is 34.1 Å². The number of phenolic OH excluding ortho intramolecular Hbond substituents is 1. The number of nitrogens with zero attached hydrogens (tertiary/aromatic N) is 5. The molecule has 0 aliphatic heterocycles. The largest absolute Gasteiger partial charge is 0.507 e. The Morgan fingerprint density at radius 1 is 0.889 bits per heavy atom. The molecule has 36 heavy (non-hydrogen) atoms. The highest BCUT2D eigenvalue weighted by Crippen LogP contribution is 2.23. The van der Waals surface area contributed by atoms with Crippen molar-refractivity contribution >= 4 is 52.7 Å². The van der Waals surface area contributed by atoms with Crippen LogP contribution in [0.5, 0.6) is 5.75 Å². The zero-order valence-electron chi connectivity index (χ0n) is 19.2. The average Bonchev–Trinajstić information content (AvgIpc) is 2.84. The molecule has 0 atom stereocenters. The van der Waals surface area contributed by atoms with Crippen molar-refractivity contribution in [3.8, 4) is 5.75 Å². The topological polar surface area (TPSA) is 150 Å². The summed E-state index contributed by atoms with van der Waals surface area (Å²) in [6.45, 7) is 4.02. The van der Waals surface area contributed by atoms with Crippen LogP contribution >= 0.6 is 11.6 Å². The maximum Gasteiger partial charge on any atom is 0.269 e. The normalized spacial score (nSPS) is 10.9. The number of aryl methyl sites for hydroxylation is 2. The van der Waals surface area contributed by atoms with E-state index in [2.05, 4.69) is 36.1 Å². The van der Waals surface area contributed by atoms with Crippen LogP contribution in [0.1, 0.15) is 16.7 Å². The van der Waals surface area contributed by atoms with Crippen molar-refractivity contribution in [2.24, 2.45) is 5.10 Å². The number of benzene rings is 3. The second-order valence-electron chi connectivity index (χ2n) is 7.73. The number of nitro groups is 1. The highest BCUT2D eigenvalue weighted by Gasteiger charge is 2.10. The number of nitro benzene ring substituents is 1. The summed E-state index contributed by atoms with van der Waals surface area (Å²) in [5.74, 6) is 0.534. The third-order valence-electron chi connectivity index (χ3n) is 5.09. The minimum Gasteiger partial charge on any atom is -0.507 e. The second-order valence-corrected chi connectivity index (χ2v) is 8.17. The fourth-order valence-electron chi connectivity index (χ4n) is 3.07. The van der Waals surface area contributed by atoms with Crippen molar-refractivity contribution in [3.05, 3.63) is 92.5 Å². The number of aromatic hydroxyl groups is 1. The van der Waals surface area contributed by atoms with E-state index < -0.39 is 4.92 Å². The van der Waals surface area contributed by atoms with Crippen LogP contribution < -0.4 is 16.1 Å². The Hall–Kier alpha value is -4.77. The predicted molar refractivity (Wildman–Crippen MR) is 140 cm³/mol. The number of halogens is 1. The van der Waals surface area contributed by atoms with E-state index in [4.69, 9.17) is 11.6 Å². The van der Waals surface area contributed by atoms with Gasteiger partial charge in [-0.15, -0.1) is 0 Å². The number of hydrazone groups is 1. The number of hydrogen-bond donors (Lipinski definition) is 4. The summed E-state index contributed by atoms with van der Waals surface area (Å²) in [6.07, 6.45) is 1.38. The van der Waals surface area contributed by atoms with Gasteiger partial charge in [-0.1, -0.05) is 17.7 Å². The highest BCUT2D eigenvalue weighted by molar-refractivity contribution is 6.30. The van der Waals surface area contributed by atoms with Crippen LogP contribution in [0, 0.1) is 24.0 Å². The van der Waals surface area contributed by atoms with Gasteiger partial charge < -0.3 is 15.7 Å². The number of phenols is 1. The zero-order chi connectivity index (χ0) is 25.7. The minimum atomic E-state index is -0.476. The van der Waals surface area contributed by atoms with Crippen LogP contribution in [0.4, 0.5) is 34.9 Å². The number of hydrogen-bond acceptors (Lipinski definition) is 10. The maximum absolute atomic E-state index is 10.9. The Morgan fingerprint density at radius 3 is 2.19 bits per heavy atom. The average molecular weight is 505 g/mol. The molecule has 0 spiro atoms. The van der Waals surface area contributed by atoms with Crippen LogP contribution in [0.3, 0.4) is 0 Å². The van der Waals surface area contributed by atoms with Gasteiger partial charge in [-0.3, -0.25) is 10.1 Å². The molecule has 3 aromatic carbocycles. The summed E-state index contributed by atoms with van der Waals surface area (Å²) >= 11 is 5.98. The molecule has 0 bridgehead atoms. The molecule has 0 amide bonds. The molecule has 182 valence electrons. The fourth-order valence-corrected chi connectivity index (χ4v) is 3.25. The standard InChI is InChI=1S/C24H21ClN8O3/c1-14-3-5-19(11-15(14)2)28-23-29-22(27-18-6-8-20(9-7-18)33(35)36)30-24(31-23)32-26-13-16-12-17(25)4-10-21(16)34/h3-13,34H,1-2H3,(H3,27,28,29,30,31,32). The highest BCUT2D eigenvalue weighted by atomic mass is 35.5. The summed E-state index contributed by atoms with van der Waals surface area (Å²) in [6, 6.07) is 16.3. The number of aromatic nitrogens is 3. The molecule has 0 radical (unpaired) electrons. The molecular weight excluding hydrogens is 484 g/mol. The molecule has 0 aliphatic carbocycles. The summed E-state index contributed by atoms with van der Waals surface area (Å²) < 4.78 is 0. The van der Waals surface area contributed by atoms with Crippen molar-refractivity contribution in [2.45, 2.75) is 13.8 Å². The lowest BCUT2D eigenvalue weighted by Crippen LogP contribution is -2.07. The van der Waals surface area contributed by atoms with E-state index in [0.29, 0.717) is 16.3 Å². The molecule has 11 nitrogen and oxygen atoms in total. The first kappa shape index (κ1) is 24.4. The Morgan fingerprint density at radius 2 is 1.53 bits per heavy atom. The molecule has 1 heterocycles. The Kier molecular flexibility index (Phi) is 7.21. The lowest BCUT2D eigenvalue weighted by atomic mass is 10.1. The first-order valence-electron chi connectivity index (χ1n) is 10.7. The monoisotopic (exact) mass is 504 g/mol. The van der Waals surface area contributed by atoms with E-state index in [1.54, 1.807) is 24.3 Å². The molecule has 4 aromatic rings. The van der Waals surface area contributed by atoms with Crippen molar-refractivity contribution in [1.29, 1.82) is 0 Å². The van der Waals surface area contributed by atoms with Gasteiger partial charge in [-0.25, -0.2) is 5.43 Å². The van der Waals surface area contributed by atoms with Gasteiger partial charge in [0.15, 0.2) is 0 Å². The van der Waals surface area contributed by atoms with Crippen LogP contribution in [0.2, 0.25) is 5.02 Å². The number of non-ortho nitro benzene ring substituents is 1. The van der Waals surface area contributed by atoms with Crippen LogP contribution in [0.15, 0.2) is 65.8 Å². The zero-order valence-corrected chi connectivity index (χ0v) is 20.0. The first-order chi connectivity index (χ1) is 17.3. The van der Waals surface area contributed by atoms with E-state index in [-0.39, 0.29) is 29.3 Å². The molecule has 0 saturated heterocycles. The van der Waals surface area contributed by atoms with E-state index in [1.807, 2.05) is 32.0 Å². The van der Waals surface area contributed by atoms with Gasteiger partial charge in [-0.2, -0.15) is 20.1 Å². The lowest BCUT2D eigenvalue weighted by Gasteiger charge is -2.11. The third kappa shape index (κ3) is 6.21. The Labute approximate surface area is 211 Å². The van der Waals surface area contributed by atoms with Gasteiger partial charge in [0.1, 0.15) is 5.75 Å². The van der Waals surface area contributed by atoms with Crippen molar-refractivity contribution in [1.82, 2.24) is 15.0 Å². The third-order valence-corrected chi connectivity index (χ3v) is 5.33. The molecule has 0 aliphatic rings. The van der Waals surface area contributed by atoms with Crippen molar-refractivity contribution in [2.75, 3.05) is 16.1 Å². The number of nitrogens with one attached hydrogen (secondary N) is 3. The molecule has 4 rings (SSSR count). The quantitative estimate of drug-likeness (QED) is 0.135. The summed E-state index contributed by atoms with van der Waals surface area (Å²) in [4.78, 5) is 23.5. The van der Waals surface area contributed by atoms with Crippen molar-refractivity contribution in [3.63, 3.8) is 0 Å². The van der Waals surface area contributed by atoms with Crippen molar-refractivity contribution < 1.29 is 10.0 Å². The van der Waals surface area contributed by atoms with E-state index >= 15 is 0 Å². The minimum absolute atomic E-state index is 0.0122. The van der Waals surface area contributed by atoms with Crippen LogP contribution in [-0.4, -0.2) is 31.2 Å². The Bertz CT molecular complexity index is 1440. The molecule has 1 aromatic heterocycles. The molecular formula is C24H21ClN8O3. The van der Waals surface area contributed by atoms with Gasteiger partial charge >= 0.3 is 0 Å². The number of rotatable bonds is 8. The first-order valence-corrected chi connectivity index (χ1v) is 11.0. The fraction of sp³-hybridized carbons (Fsp3) is 0.0833. The van der Waals surface area contributed by atoms with E-state index in [0.717, 1.165) is 16.8 Å². The SMILES string of the molecule is Cc1ccc(Nc2nc(NN=Cc3cc(Cl)ccc3O)nc(Nc3ccc([N+](=O)[O-])cc3)n2)cc1C. The van der Waals surface area contributed by atoms with Gasteiger partial charge in [0.2, 0.25) is 17.8 Å². The molecule has 4 N–H and O–H groups in total. The second kappa shape index (κ2) is 10.7.